The number of amides is 1. The summed E-state index contributed by atoms with van der Waals surface area (Å²) < 4.78 is 5.16. The Labute approximate surface area is 115 Å². The lowest BCUT2D eigenvalue weighted by Crippen LogP contribution is -2.29. The Bertz CT molecular complexity index is 366. The number of carbonyl (C=O) groups excluding carboxylic acids is 1. The van der Waals surface area contributed by atoms with Gasteiger partial charge in [-0.3, -0.25) is 0 Å². The van der Waals surface area contributed by atoms with Crippen LogP contribution in [-0.2, 0) is 11.2 Å². The van der Waals surface area contributed by atoms with E-state index < -0.39 is 6.09 Å². The maximum absolute atomic E-state index is 10.9. The third-order valence-corrected chi connectivity index (χ3v) is 2.78. The number of ether oxygens (including phenoxy) is 1. The van der Waals surface area contributed by atoms with E-state index in [9.17, 15) is 4.79 Å². The molecule has 0 unspecified atom stereocenters. The van der Waals surface area contributed by atoms with Crippen LogP contribution in [0.5, 0.6) is 0 Å². The van der Waals surface area contributed by atoms with Crippen LogP contribution in [0.2, 0.25) is 0 Å². The molecule has 0 fully saturated rings. The molecule has 0 saturated carbocycles. The lowest BCUT2D eigenvalue weighted by molar-refractivity contribution is 0.101. The first-order valence-electron chi connectivity index (χ1n) is 6.78. The third kappa shape index (κ3) is 7.47. The van der Waals surface area contributed by atoms with Gasteiger partial charge < -0.3 is 15.8 Å². The number of nitrogens with two attached hydrogens (primary N) is 1. The van der Waals surface area contributed by atoms with Gasteiger partial charge in [-0.2, -0.15) is 0 Å². The van der Waals surface area contributed by atoms with Crippen LogP contribution >= 0.6 is 0 Å². The van der Waals surface area contributed by atoms with E-state index in [4.69, 9.17) is 10.5 Å². The normalized spacial score (nSPS) is 12.4. The van der Waals surface area contributed by atoms with E-state index in [1.54, 1.807) is 0 Å². The summed E-state index contributed by atoms with van der Waals surface area (Å²) in [7, 11) is 0. The van der Waals surface area contributed by atoms with E-state index in [-0.39, 0.29) is 6.10 Å². The van der Waals surface area contributed by atoms with Gasteiger partial charge >= 0.3 is 6.09 Å². The lowest BCUT2D eigenvalue weighted by Gasteiger charge is -2.17. The zero-order valence-electron chi connectivity index (χ0n) is 11.8. The molecule has 106 valence electrons. The summed E-state index contributed by atoms with van der Waals surface area (Å²) in [6.07, 6.45) is 0.599. The first-order chi connectivity index (χ1) is 9.08. The molecular formula is C15H24N2O2. The number of nitrogens with one attached hydrogen (secondary N) is 1. The summed E-state index contributed by atoms with van der Waals surface area (Å²) in [6.45, 7) is 6.11. The smallest absolute Gasteiger partial charge is 0.404 e. The highest BCUT2D eigenvalue weighted by molar-refractivity contribution is 5.64. The molecule has 0 aromatic heterocycles. The van der Waals surface area contributed by atoms with Crippen LogP contribution in [0, 0.1) is 5.92 Å². The van der Waals surface area contributed by atoms with E-state index in [0.717, 1.165) is 25.1 Å². The molecule has 0 saturated heterocycles. The van der Waals surface area contributed by atoms with Crippen molar-refractivity contribution in [1.82, 2.24) is 5.32 Å². The van der Waals surface area contributed by atoms with Gasteiger partial charge in [0.05, 0.1) is 0 Å². The summed E-state index contributed by atoms with van der Waals surface area (Å²) in [5.74, 6) is 0.615. The van der Waals surface area contributed by atoms with Gasteiger partial charge in [0.15, 0.2) is 0 Å². The standard InChI is InChI=1S/C15H24N2O2/c1-12(2)11-17-9-8-14(19-15(16)18)10-13-6-4-3-5-7-13/h3-7,12,14,17H,8-11H2,1-2H3,(H2,16,18)/t14-/m1/s1. The Kier molecular flexibility index (Phi) is 6.97. The molecule has 1 aromatic carbocycles. The van der Waals surface area contributed by atoms with Gasteiger partial charge in [-0.25, -0.2) is 4.79 Å². The molecule has 0 spiro atoms. The predicted octanol–water partition coefficient (Wildman–Crippen LogP) is 2.33. The van der Waals surface area contributed by atoms with Gasteiger partial charge in [-0.15, -0.1) is 0 Å². The minimum Gasteiger partial charge on any atom is -0.446 e. The minimum absolute atomic E-state index is 0.167. The molecule has 3 N–H and O–H groups in total. The molecule has 1 aromatic rings. The zero-order chi connectivity index (χ0) is 14.1. The quantitative estimate of drug-likeness (QED) is 0.708. The molecule has 0 radical (unpaired) electrons. The number of carbonyl (C=O) groups is 1. The molecule has 1 rings (SSSR count). The lowest BCUT2D eigenvalue weighted by atomic mass is 10.1. The van der Waals surface area contributed by atoms with Crippen LogP contribution in [-0.4, -0.2) is 25.3 Å². The molecule has 0 aliphatic rings. The number of rotatable bonds is 8. The van der Waals surface area contributed by atoms with E-state index in [1.807, 2.05) is 30.3 Å². The van der Waals surface area contributed by atoms with Crippen molar-refractivity contribution in [1.29, 1.82) is 0 Å². The van der Waals surface area contributed by atoms with Crippen LogP contribution in [0.25, 0.3) is 0 Å². The minimum atomic E-state index is -0.704. The first-order valence-corrected chi connectivity index (χ1v) is 6.78. The summed E-state index contributed by atoms with van der Waals surface area (Å²) in [5.41, 5.74) is 6.27. The van der Waals surface area contributed by atoms with E-state index in [2.05, 4.69) is 19.2 Å². The number of hydrogen-bond acceptors (Lipinski definition) is 3. The number of hydrogen-bond donors (Lipinski definition) is 2. The van der Waals surface area contributed by atoms with Gasteiger partial charge in [0, 0.05) is 6.42 Å². The predicted molar refractivity (Wildman–Crippen MR) is 76.9 cm³/mol. The average Bonchev–Trinajstić information content (AvgIpc) is 2.35. The molecule has 0 aliphatic carbocycles. The highest BCUT2D eigenvalue weighted by Gasteiger charge is 2.13. The maximum Gasteiger partial charge on any atom is 0.404 e. The Balaban J connectivity index is 2.41. The molecule has 1 atom stereocenters. The molecule has 0 heterocycles. The fourth-order valence-electron chi connectivity index (χ4n) is 1.90. The molecule has 4 nitrogen and oxygen atoms in total. The van der Waals surface area contributed by atoms with Gasteiger partial charge in [0.1, 0.15) is 6.10 Å². The number of primary amides is 1. The van der Waals surface area contributed by atoms with E-state index in [1.165, 1.54) is 0 Å². The van der Waals surface area contributed by atoms with Crippen molar-refractivity contribution in [3.8, 4) is 0 Å². The Morgan fingerprint density at radius 1 is 1.32 bits per heavy atom. The Morgan fingerprint density at radius 3 is 2.58 bits per heavy atom. The zero-order valence-corrected chi connectivity index (χ0v) is 11.8. The summed E-state index contributed by atoms with van der Waals surface area (Å²) in [4.78, 5) is 10.9. The summed E-state index contributed by atoms with van der Waals surface area (Å²) in [5, 5.41) is 3.34. The van der Waals surface area contributed by atoms with Gasteiger partial charge in [-0.05, 0) is 31.0 Å². The molecular weight excluding hydrogens is 240 g/mol. The van der Waals surface area contributed by atoms with Gasteiger partial charge in [0.25, 0.3) is 0 Å². The largest absolute Gasteiger partial charge is 0.446 e. The second-order valence-corrected chi connectivity index (χ2v) is 5.14. The van der Waals surface area contributed by atoms with Crippen molar-refractivity contribution >= 4 is 6.09 Å². The maximum atomic E-state index is 10.9. The Hall–Kier alpha value is -1.55. The first kappa shape index (κ1) is 15.5. The van der Waals surface area contributed by atoms with Crippen molar-refractivity contribution in [2.75, 3.05) is 13.1 Å². The fourth-order valence-corrected chi connectivity index (χ4v) is 1.90. The SMILES string of the molecule is CC(C)CNCC[C@H](Cc1ccccc1)OC(N)=O. The fraction of sp³-hybridized carbons (Fsp3) is 0.533. The summed E-state index contributed by atoms with van der Waals surface area (Å²) in [6, 6.07) is 9.98. The van der Waals surface area contributed by atoms with Crippen molar-refractivity contribution < 1.29 is 9.53 Å². The highest BCUT2D eigenvalue weighted by Crippen LogP contribution is 2.09. The molecule has 1 amide bonds. The van der Waals surface area contributed by atoms with Gasteiger partial charge in [0.2, 0.25) is 0 Å². The Morgan fingerprint density at radius 2 is 2.00 bits per heavy atom. The average molecular weight is 264 g/mol. The van der Waals surface area contributed by atoms with Crippen LogP contribution in [0.3, 0.4) is 0 Å². The van der Waals surface area contributed by atoms with Gasteiger partial charge in [-0.1, -0.05) is 44.2 Å². The monoisotopic (exact) mass is 264 g/mol. The molecule has 4 heteroatoms. The summed E-state index contributed by atoms with van der Waals surface area (Å²) >= 11 is 0. The topological polar surface area (TPSA) is 64.3 Å². The van der Waals surface area contributed by atoms with Crippen LogP contribution in [0.1, 0.15) is 25.8 Å². The second-order valence-electron chi connectivity index (χ2n) is 5.14. The van der Waals surface area contributed by atoms with Crippen molar-refractivity contribution in [3.63, 3.8) is 0 Å². The molecule has 19 heavy (non-hydrogen) atoms. The van der Waals surface area contributed by atoms with E-state index >= 15 is 0 Å². The van der Waals surface area contributed by atoms with Crippen molar-refractivity contribution in [3.05, 3.63) is 35.9 Å². The third-order valence-electron chi connectivity index (χ3n) is 2.78. The second kappa shape index (κ2) is 8.53. The van der Waals surface area contributed by atoms with Crippen molar-refractivity contribution in [2.45, 2.75) is 32.8 Å². The highest BCUT2D eigenvalue weighted by atomic mass is 16.6. The van der Waals surface area contributed by atoms with Crippen LogP contribution < -0.4 is 11.1 Å². The molecule has 0 aliphatic heterocycles. The number of benzene rings is 1. The van der Waals surface area contributed by atoms with Crippen LogP contribution in [0.4, 0.5) is 4.79 Å². The molecule has 0 bridgehead atoms. The van der Waals surface area contributed by atoms with Crippen LogP contribution in [0.15, 0.2) is 30.3 Å². The van der Waals surface area contributed by atoms with Crippen molar-refractivity contribution in [2.24, 2.45) is 11.7 Å². The van der Waals surface area contributed by atoms with E-state index in [0.29, 0.717) is 12.3 Å².